The number of hydrogen-bond donors (Lipinski definition) is 2. The highest BCUT2D eigenvalue weighted by atomic mass is 32.1. The molecule has 6 heteroatoms. The largest absolute Gasteiger partial charge is 0.355 e. The Kier molecular flexibility index (Phi) is 7.12. The van der Waals surface area contributed by atoms with Crippen LogP contribution in [0.5, 0.6) is 0 Å². The van der Waals surface area contributed by atoms with Crippen molar-refractivity contribution in [1.29, 1.82) is 0 Å². The highest BCUT2D eigenvalue weighted by Gasteiger charge is 2.20. The monoisotopic (exact) mass is 323 g/mol. The van der Waals surface area contributed by atoms with Gasteiger partial charge >= 0.3 is 0 Å². The summed E-state index contributed by atoms with van der Waals surface area (Å²) in [6.45, 7) is 8.48. The lowest BCUT2D eigenvalue weighted by molar-refractivity contribution is 0.157. The van der Waals surface area contributed by atoms with E-state index in [0.717, 1.165) is 37.0 Å². The quantitative estimate of drug-likeness (QED) is 0.623. The second kappa shape index (κ2) is 9.10. The first-order valence-corrected chi connectivity index (χ1v) is 9.20. The van der Waals surface area contributed by atoms with Gasteiger partial charge in [-0.25, -0.2) is 4.98 Å². The number of hydrogen-bond acceptors (Lipinski definition) is 4. The van der Waals surface area contributed by atoms with E-state index in [4.69, 9.17) is 0 Å². The van der Waals surface area contributed by atoms with E-state index in [-0.39, 0.29) is 0 Å². The van der Waals surface area contributed by atoms with Gasteiger partial charge in [0.25, 0.3) is 0 Å². The molecule has 0 aromatic carbocycles. The molecule has 0 amide bonds. The summed E-state index contributed by atoms with van der Waals surface area (Å²) >= 11 is 1.77. The smallest absolute Gasteiger partial charge is 0.191 e. The van der Waals surface area contributed by atoms with Crippen molar-refractivity contribution in [2.24, 2.45) is 4.99 Å². The fraction of sp³-hybridized carbons (Fsp3) is 0.750. The first-order valence-electron chi connectivity index (χ1n) is 8.39. The van der Waals surface area contributed by atoms with Crippen LogP contribution >= 0.6 is 11.3 Å². The average molecular weight is 324 g/mol. The van der Waals surface area contributed by atoms with E-state index in [9.17, 15) is 0 Å². The van der Waals surface area contributed by atoms with Crippen molar-refractivity contribution in [2.75, 3.05) is 26.7 Å². The number of guanidine groups is 1. The van der Waals surface area contributed by atoms with Gasteiger partial charge in [-0.15, -0.1) is 11.3 Å². The van der Waals surface area contributed by atoms with Crippen molar-refractivity contribution in [3.63, 3.8) is 0 Å². The van der Waals surface area contributed by atoms with Gasteiger partial charge in [-0.1, -0.05) is 20.3 Å². The number of nitrogens with zero attached hydrogens (tertiary/aromatic N) is 3. The molecule has 1 aromatic rings. The fourth-order valence-electron chi connectivity index (χ4n) is 2.90. The van der Waals surface area contributed by atoms with Crippen LogP contribution in [0.3, 0.4) is 0 Å². The minimum atomic E-state index is 0.629. The van der Waals surface area contributed by atoms with Gasteiger partial charge < -0.3 is 10.6 Å². The van der Waals surface area contributed by atoms with Crippen LogP contribution in [0.2, 0.25) is 0 Å². The molecule has 0 saturated carbocycles. The molecule has 1 atom stereocenters. The maximum absolute atomic E-state index is 4.43. The minimum Gasteiger partial charge on any atom is -0.355 e. The number of rotatable bonds is 6. The predicted molar refractivity (Wildman–Crippen MR) is 94.6 cm³/mol. The maximum atomic E-state index is 4.43. The van der Waals surface area contributed by atoms with E-state index in [1.54, 1.807) is 11.3 Å². The van der Waals surface area contributed by atoms with E-state index in [1.165, 1.54) is 30.7 Å². The Hall–Kier alpha value is -1.14. The zero-order chi connectivity index (χ0) is 15.8. The summed E-state index contributed by atoms with van der Waals surface area (Å²) < 4.78 is 0. The average Bonchev–Trinajstić information content (AvgIpc) is 3.03. The van der Waals surface area contributed by atoms with Gasteiger partial charge in [0.1, 0.15) is 5.01 Å². The lowest BCUT2D eigenvalue weighted by atomic mass is 10.0. The molecule has 5 nitrogen and oxygen atoms in total. The molecular weight excluding hydrogens is 294 g/mol. The van der Waals surface area contributed by atoms with Gasteiger partial charge in [0.05, 0.1) is 6.54 Å². The third-order valence-electron chi connectivity index (χ3n) is 4.24. The number of aliphatic imine (C=N–C) groups is 1. The van der Waals surface area contributed by atoms with E-state index in [0.29, 0.717) is 6.04 Å². The summed E-state index contributed by atoms with van der Waals surface area (Å²) in [5.74, 6) is 0.870. The van der Waals surface area contributed by atoms with Crippen molar-refractivity contribution in [2.45, 2.75) is 52.1 Å². The molecule has 0 spiro atoms. The van der Waals surface area contributed by atoms with Crippen LogP contribution in [0.4, 0.5) is 0 Å². The first kappa shape index (κ1) is 17.2. The molecule has 0 aliphatic carbocycles. The minimum absolute atomic E-state index is 0.629. The molecule has 1 saturated heterocycles. The summed E-state index contributed by atoms with van der Waals surface area (Å²) in [5, 5.41) is 7.95. The van der Waals surface area contributed by atoms with Crippen LogP contribution < -0.4 is 10.6 Å². The number of likely N-dealkylation sites (tertiary alicyclic amines) is 1. The highest BCUT2D eigenvalue weighted by Crippen LogP contribution is 2.16. The van der Waals surface area contributed by atoms with E-state index in [2.05, 4.69) is 39.4 Å². The van der Waals surface area contributed by atoms with Crippen LogP contribution in [0, 0.1) is 0 Å². The molecule has 1 unspecified atom stereocenters. The Bertz CT molecular complexity index is 471. The number of nitrogens with one attached hydrogen (secondary N) is 2. The molecule has 2 heterocycles. The Balaban J connectivity index is 1.77. The van der Waals surface area contributed by atoms with E-state index in [1.807, 2.05) is 13.2 Å². The molecule has 2 rings (SSSR count). The Labute approximate surface area is 138 Å². The number of aromatic nitrogens is 1. The summed E-state index contributed by atoms with van der Waals surface area (Å²) in [6.07, 6.45) is 6.98. The van der Waals surface area contributed by atoms with Crippen LogP contribution in [0.15, 0.2) is 11.2 Å². The van der Waals surface area contributed by atoms with Crippen molar-refractivity contribution in [1.82, 2.24) is 20.5 Å². The Morgan fingerprint density at radius 3 is 2.95 bits per heavy atom. The molecule has 0 radical (unpaired) electrons. The molecule has 1 aliphatic rings. The molecule has 1 fully saturated rings. The zero-order valence-corrected chi connectivity index (χ0v) is 14.9. The Morgan fingerprint density at radius 2 is 2.27 bits per heavy atom. The molecule has 1 aliphatic heterocycles. The molecule has 2 N–H and O–H groups in total. The van der Waals surface area contributed by atoms with Crippen molar-refractivity contribution < 1.29 is 0 Å². The topological polar surface area (TPSA) is 52.6 Å². The number of thiazole rings is 1. The molecular formula is C16H29N5S. The summed E-state index contributed by atoms with van der Waals surface area (Å²) in [6, 6.07) is 0.629. The Morgan fingerprint density at radius 1 is 1.41 bits per heavy atom. The second-order valence-electron chi connectivity index (χ2n) is 5.66. The third kappa shape index (κ3) is 4.95. The predicted octanol–water partition coefficient (Wildman–Crippen LogP) is 2.24. The van der Waals surface area contributed by atoms with E-state index >= 15 is 0 Å². The van der Waals surface area contributed by atoms with Gasteiger partial charge in [-0.3, -0.25) is 9.89 Å². The highest BCUT2D eigenvalue weighted by molar-refractivity contribution is 7.11. The van der Waals surface area contributed by atoms with Crippen molar-refractivity contribution >= 4 is 17.3 Å². The van der Waals surface area contributed by atoms with Crippen molar-refractivity contribution in [3.05, 3.63) is 16.1 Å². The molecule has 1 aromatic heterocycles. The summed E-state index contributed by atoms with van der Waals surface area (Å²) in [7, 11) is 1.83. The van der Waals surface area contributed by atoms with Gasteiger partial charge in [-0.05, 0) is 32.4 Å². The first-order chi connectivity index (χ1) is 10.8. The number of likely N-dealkylation sites (N-methyl/N-ethyl adjacent to an activating group) is 1. The number of aryl methyl sites for hydroxylation is 1. The van der Waals surface area contributed by atoms with Gasteiger partial charge in [0, 0.05) is 30.7 Å². The molecule has 124 valence electrons. The van der Waals surface area contributed by atoms with Crippen LogP contribution in [-0.4, -0.2) is 48.6 Å². The lowest BCUT2D eigenvalue weighted by Crippen LogP contribution is -2.48. The van der Waals surface area contributed by atoms with E-state index < -0.39 is 0 Å². The molecule has 0 bridgehead atoms. The second-order valence-corrected chi connectivity index (χ2v) is 6.86. The SMILES string of the molecule is CCc1cnc(CNC(=NC)NCC2CCCCN2CC)s1. The van der Waals surface area contributed by atoms with Crippen molar-refractivity contribution in [3.8, 4) is 0 Å². The van der Waals surface area contributed by atoms with Crippen LogP contribution in [-0.2, 0) is 13.0 Å². The lowest BCUT2D eigenvalue weighted by Gasteiger charge is -2.35. The third-order valence-corrected chi connectivity index (χ3v) is 5.38. The maximum Gasteiger partial charge on any atom is 0.191 e. The van der Waals surface area contributed by atoms with Gasteiger partial charge in [0.2, 0.25) is 0 Å². The summed E-state index contributed by atoms with van der Waals surface area (Å²) in [4.78, 5) is 12.7. The van der Waals surface area contributed by atoms with Crippen LogP contribution in [0.1, 0.15) is 43.0 Å². The zero-order valence-electron chi connectivity index (χ0n) is 14.1. The van der Waals surface area contributed by atoms with Gasteiger partial charge in [0.15, 0.2) is 5.96 Å². The fourth-order valence-corrected chi connectivity index (χ4v) is 3.70. The number of piperidine rings is 1. The van der Waals surface area contributed by atoms with Crippen LogP contribution in [0.25, 0.3) is 0 Å². The molecule has 22 heavy (non-hydrogen) atoms. The summed E-state index contributed by atoms with van der Waals surface area (Å²) in [5.41, 5.74) is 0. The standard InChI is InChI=1S/C16H29N5S/c1-4-14-11-18-15(22-14)12-20-16(17-3)19-10-13-8-6-7-9-21(13)5-2/h11,13H,4-10,12H2,1-3H3,(H2,17,19,20). The van der Waals surface area contributed by atoms with Gasteiger partial charge in [-0.2, -0.15) is 0 Å². The normalized spacial score (nSPS) is 20.1.